The summed E-state index contributed by atoms with van der Waals surface area (Å²) in [5.41, 5.74) is 5.85. The summed E-state index contributed by atoms with van der Waals surface area (Å²) in [4.78, 5) is 24.9. The molecule has 2 rings (SSSR count). The number of ether oxygens (including phenoxy) is 3. The summed E-state index contributed by atoms with van der Waals surface area (Å²) in [5.74, 6) is 0.255. The highest BCUT2D eigenvalue weighted by Crippen LogP contribution is 2.28. The van der Waals surface area contributed by atoms with Crippen LogP contribution in [0.15, 0.2) is 24.3 Å². The molecule has 25 heavy (non-hydrogen) atoms. The topological polar surface area (TPSA) is 91.1 Å². The van der Waals surface area contributed by atoms with Crippen molar-refractivity contribution in [3.8, 4) is 11.5 Å². The Labute approximate surface area is 147 Å². The van der Waals surface area contributed by atoms with Crippen molar-refractivity contribution in [3.63, 3.8) is 0 Å². The molecule has 2 unspecified atom stereocenters. The molecule has 0 bridgehead atoms. The molecule has 0 aromatic heterocycles. The van der Waals surface area contributed by atoms with Gasteiger partial charge in [0.05, 0.1) is 19.3 Å². The van der Waals surface area contributed by atoms with E-state index in [0.29, 0.717) is 24.6 Å². The third-order valence-electron chi connectivity index (χ3n) is 3.71. The van der Waals surface area contributed by atoms with E-state index in [1.54, 1.807) is 29.2 Å². The van der Waals surface area contributed by atoms with Crippen molar-refractivity contribution in [1.82, 2.24) is 4.90 Å². The quantitative estimate of drug-likeness (QED) is 0.780. The van der Waals surface area contributed by atoms with Crippen LogP contribution in [0.4, 0.5) is 0 Å². The van der Waals surface area contributed by atoms with Gasteiger partial charge in [-0.1, -0.05) is 6.07 Å². The summed E-state index contributed by atoms with van der Waals surface area (Å²) in [6.45, 7) is 4.84. The molecule has 0 aliphatic carbocycles. The van der Waals surface area contributed by atoms with Crippen molar-refractivity contribution < 1.29 is 23.8 Å². The van der Waals surface area contributed by atoms with Gasteiger partial charge in [-0.2, -0.15) is 0 Å². The minimum atomic E-state index is -0.564. The smallest absolute Gasteiger partial charge is 0.255 e. The van der Waals surface area contributed by atoms with Gasteiger partial charge < -0.3 is 24.8 Å². The molecular weight excluding hydrogens is 324 g/mol. The van der Waals surface area contributed by atoms with Crippen LogP contribution >= 0.6 is 0 Å². The molecule has 7 heteroatoms. The molecule has 2 atom stereocenters. The number of carbonyl (C=O) groups excluding carboxylic acids is 2. The average Bonchev–Trinajstić information content (AvgIpc) is 2.57. The van der Waals surface area contributed by atoms with Gasteiger partial charge in [-0.3, -0.25) is 9.59 Å². The Hall–Kier alpha value is -2.54. The molecular formula is C18H24N2O5. The number of nitrogens with zero attached hydrogens (tertiary/aromatic N) is 1. The number of morpholine rings is 1. The van der Waals surface area contributed by atoms with Crippen LogP contribution in [0.2, 0.25) is 0 Å². The molecule has 0 radical (unpaired) electrons. The van der Waals surface area contributed by atoms with E-state index in [4.69, 9.17) is 19.9 Å². The Morgan fingerprint density at radius 2 is 1.96 bits per heavy atom. The van der Waals surface area contributed by atoms with Crippen molar-refractivity contribution in [2.24, 2.45) is 5.73 Å². The van der Waals surface area contributed by atoms with Gasteiger partial charge >= 0.3 is 0 Å². The van der Waals surface area contributed by atoms with Gasteiger partial charge in [0, 0.05) is 19.2 Å². The number of carbonyl (C=O) groups is 2. The minimum Gasteiger partial charge on any atom is -0.493 e. The Balaban J connectivity index is 2.04. The summed E-state index contributed by atoms with van der Waals surface area (Å²) in [6.07, 6.45) is 3.31. The van der Waals surface area contributed by atoms with Crippen LogP contribution < -0.4 is 15.2 Å². The minimum absolute atomic E-state index is 0.0304. The first-order valence-electron chi connectivity index (χ1n) is 8.10. The van der Waals surface area contributed by atoms with Gasteiger partial charge in [-0.05, 0) is 37.6 Å². The van der Waals surface area contributed by atoms with E-state index in [1.807, 2.05) is 13.8 Å². The molecule has 7 nitrogen and oxygen atoms in total. The van der Waals surface area contributed by atoms with Crippen molar-refractivity contribution in [2.75, 3.05) is 26.8 Å². The molecule has 1 heterocycles. The largest absolute Gasteiger partial charge is 0.493 e. The lowest BCUT2D eigenvalue weighted by Gasteiger charge is -2.34. The van der Waals surface area contributed by atoms with Gasteiger partial charge in [0.1, 0.15) is 0 Å². The number of hydrogen-bond donors (Lipinski definition) is 1. The number of hydrogen-bond acceptors (Lipinski definition) is 5. The second kappa shape index (κ2) is 8.53. The van der Waals surface area contributed by atoms with E-state index in [0.717, 1.165) is 5.56 Å². The first-order chi connectivity index (χ1) is 11.9. The van der Waals surface area contributed by atoms with E-state index in [2.05, 4.69) is 0 Å². The third kappa shape index (κ3) is 5.49. The molecule has 2 N–H and O–H groups in total. The maximum atomic E-state index is 12.3. The fraction of sp³-hybridized carbons (Fsp3) is 0.444. The molecule has 136 valence electrons. The number of primary amides is 1. The molecule has 1 aromatic rings. The van der Waals surface area contributed by atoms with E-state index < -0.39 is 5.91 Å². The van der Waals surface area contributed by atoms with Crippen LogP contribution in [0.25, 0.3) is 6.08 Å². The van der Waals surface area contributed by atoms with E-state index >= 15 is 0 Å². The Morgan fingerprint density at radius 3 is 2.56 bits per heavy atom. The molecule has 0 spiro atoms. The highest BCUT2D eigenvalue weighted by molar-refractivity contribution is 5.92. The van der Waals surface area contributed by atoms with Gasteiger partial charge in [0.15, 0.2) is 18.1 Å². The van der Waals surface area contributed by atoms with Gasteiger partial charge in [-0.15, -0.1) is 0 Å². The second-order valence-electron chi connectivity index (χ2n) is 6.00. The monoisotopic (exact) mass is 348 g/mol. The summed E-state index contributed by atoms with van der Waals surface area (Å²) in [5, 5.41) is 0. The van der Waals surface area contributed by atoms with Gasteiger partial charge in [0.25, 0.3) is 5.91 Å². The average molecular weight is 348 g/mol. The second-order valence-corrected chi connectivity index (χ2v) is 6.00. The Kier molecular flexibility index (Phi) is 6.41. The summed E-state index contributed by atoms with van der Waals surface area (Å²) < 4.78 is 16.2. The third-order valence-corrected chi connectivity index (χ3v) is 3.71. The van der Waals surface area contributed by atoms with Crippen LogP contribution in [0.1, 0.15) is 19.4 Å². The van der Waals surface area contributed by atoms with Gasteiger partial charge in [0.2, 0.25) is 5.91 Å². The normalized spacial score (nSPS) is 20.5. The van der Waals surface area contributed by atoms with Crippen LogP contribution in [-0.2, 0) is 14.3 Å². The predicted molar refractivity (Wildman–Crippen MR) is 93.3 cm³/mol. The summed E-state index contributed by atoms with van der Waals surface area (Å²) in [7, 11) is 1.50. The van der Waals surface area contributed by atoms with Crippen molar-refractivity contribution in [1.29, 1.82) is 0 Å². The molecule has 2 amide bonds. The van der Waals surface area contributed by atoms with E-state index in [9.17, 15) is 9.59 Å². The Morgan fingerprint density at radius 1 is 1.28 bits per heavy atom. The first-order valence-corrected chi connectivity index (χ1v) is 8.10. The molecule has 1 fully saturated rings. The predicted octanol–water partition coefficient (Wildman–Crippen LogP) is 1.21. The molecule has 1 aliphatic heterocycles. The highest BCUT2D eigenvalue weighted by atomic mass is 16.5. The maximum absolute atomic E-state index is 12.3. The van der Waals surface area contributed by atoms with Crippen LogP contribution in [0, 0.1) is 0 Å². The molecule has 1 saturated heterocycles. The fourth-order valence-corrected chi connectivity index (χ4v) is 2.69. The first kappa shape index (κ1) is 18.8. The number of rotatable bonds is 6. The maximum Gasteiger partial charge on any atom is 0.255 e. The lowest BCUT2D eigenvalue weighted by Crippen LogP contribution is -2.47. The number of methoxy groups -OCH3 is 1. The van der Waals surface area contributed by atoms with Crippen molar-refractivity contribution in [3.05, 3.63) is 29.8 Å². The van der Waals surface area contributed by atoms with Crippen LogP contribution in [0.3, 0.4) is 0 Å². The zero-order chi connectivity index (χ0) is 18.4. The zero-order valence-electron chi connectivity index (χ0n) is 14.7. The van der Waals surface area contributed by atoms with Crippen molar-refractivity contribution in [2.45, 2.75) is 26.1 Å². The molecule has 0 saturated carbocycles. The summed E-state index contributed by atoms with van der Waals surface area (Å²) >= 11 is 0. The van der Waals surface area contributed by atoms with Gasteiger partial charge in [-0.25, -0.2) is 0 Å². The molecule has 1 aromatic carbocycles. The van der Waals surface area contributed by atoms with E-state index in [-0.39, 0.29) is 24.7 Å². The molecule has 1 aliphatic rings. The highest BCUT2D eigenvalue weighted by Gasteiger charge is 2.24. The standard InChI is InChI=1S/C18H24N2O5/c1-12-9-20(10-13(2)25-12)18(22)7-5-14-4-6-15(16(8-14)23-3)24-11-17(19)21/h4-8,12-13H,9-11H2,1-3H3,(H2,19,21)/b7-5+. The van der Waals surface area contributed by atoms with Crippen LogP contribution in [0.5, 0.6) is 11.5 Å². The number of amides is 2. The number of nitrogens with two attached hydrogens (primary N) is 1. The SMILES string of the molecule is COc1cc(/C=C/C(=O)N2CC(C)OC(C)C2)ccc1OCC(N)=O. The van der Waals surface area contributed by atoms with Crippen LogP contribution in [-0.4, -0.2) is 55.7 Å². The zero-order valence-corrected chi connectivity index (χ0v) is 14.7. The van der Waals surface area contributed by atoms with Crippen molar-refractivity contribution >= 4 is 17.9 Å². The lowest BCUT2D eigenvalue weighted by atomic mass is 10.1. The number of benzene rings is 1. The summed E-state index contributed by atoms with van der Waals surface area (Å²) in [6, 6.07) is 5.17. The lowest BCUT2D eigenvalue weighted by molar-refractivity contribution is -0.137. The fourth-order valence-electron chi connectivity index (χ4n) is 2.69. The Bertz CT molecular complexity index is 649. The van der Waals surface area contributed by atoms with E-state index in [1.165, 1.54) is 13.2 Å².